The first-order valence-electron chi connectivity index (χ1n) is 8.13. The Morgan fingerprint density at radius 2 is 1.70 bits per heavy atom. The Bertz CT molecular complexity index is 973. The Balaban J connectivity index is 1.54. The number of carbonyl (C=O) groups is 2. The maximum Gasteiger partial charge on any atom is 0.319 e. The van der Waals surface area contributed by atoms with Crippen LogP contribution in [-0.4, -0.2) is 11.9 Å². The van der Waals surface area contributed by atoms with Crippen molar-refractivity contribution >= 4 is 23.3 Å². The molecule has 0 bridgehead atoms. The van der Waals surface area contributed by atoms with Crippen LogP contribution in [0.4, 0.5) is 16.2 Å². The Kier molecular flexibility index (Phi) is 5.50. The maximum absolute atomic E-state index is 12.2. The van der Waals surface area contributed by atoms with E-state index >= 15 is 0 Å². The van der Waals surface area contributed by atoms with Gasteiger partial charge in [-0.05, 0) is 54.6 Å². The van der Waals surface area contributed by atoms with Crippen molar-refractivity contribution in [2.75, 3.05) is 10.6 Å². The highest BCUT2D eigenvalue weighted by Crippen LogP contribution is 2.15. The molecule has 1 heterocycles. The Morgan fingerprint density at radius 3 is 2.37 bits per heavy atom. The number of carbonyl (C=O) groups excluding carboxylic acids is 2. The summed E-state index contributed by atoms with van der Waals surface area (Å²) in [5, 5.41) is 17.0. The first-order valence-corrected chi connectivity index (χ1v) is 8.13. The highest BCUT2D eigenvalue weighted by molar-refractivity contribution is 6.04. The second-order valence-corrected chi connectivity index (χ2v) is 5.61. The molecule has 0 fully saturated rings. The van der Waals surface area contributed by atoms with Crippen LogP contribution >= 0.6 is 0 Å². The molecule has 7 nitrogen and oxygen atoms in total. The van der Waals surface area contributed by atoms with Gasteiger partial charge in [0.05, 0.1) is 24.4 Å². The van der Waals surface area contributed by atoms with Gasteiger partial charge in [0.25, 0.3) is 5.91 Å². The van der Waals surface area contributed by atoms with E-state index in [1.807, 2.05) is 6.07 Å². The molecule has 0 radical (unpaired) electrons. The predicted octanol–water partition coefficient (Wildman–Crippen LogP) is 3.73. The zero-order valence-corrected chi connectivity index (χ0v) is 14.2. The molecule has 1 aromatic heterocycles. The Hall–Kier alpha value is -4.05. The molecule has 27 heavy (non-hydrogen) atoms. The summed E-state index contributed by atoms with van der Waals surface area (Å²) >= 11 is 0. The summed E-state index contributed by atoms with van der Waals surface area (Å²) in [6.07, 6.45) is 1.54. The van der Waals surface area contributed by atoms with Gasteiger partial charge in [0.2, 0.25) is 0 Å². The second-order valence-electron chi connectivity index (χ2n) is 5.61. The van der Waals surface area contributed by atoms with Crippen molar-refractivity contribution < 1.29 is 14.0 Å². The van der Waals surface area contributed by atoms with Gasteiger partial charge in [0.1, 0.15) is 5.76 Å². The summed E-state index contributed by atoms with van der Waals surface area (Å²) in [5.41, 5.74) is 1.97. The van der Waals surface area contributed by atoms with Gasteiger partial charge in [-0.3, -0.25) is 4.79 Å². The molecule has 0 unspecified atom stereocenters. The topological polar surface area (TPSA) is 107 Å². The molecular formula is C20H16N4O3. The van der Waals surface area contributed by atoms with E-state index < -0.39 is 0 Å². The molecule has 0 aliphatic heterocycles. The van der Waals surface area contributed by atoms with Gasteiger partial charge in [-0.2, -0.15) is 5.26 Å². The normalized spacial score (nSPS) is 9.89. The summed E-state index contributed by atoms with van der Waals surface area (Å²) < 4.78 is 5.14. The van der Waals surface area contributed by atoms with Gasteiger partial charge in [-0.25, -0.2) is 4.79 Å². The summed E-state index contributed by atoms with van der Waals surface area (Å²) in [7, 11) is 0. The number of anilines is 2. The largest absolute Gasteiger partial charge is 0.467 e. The molecule has 3 rings (SSSR count). The molecule has 3 aromatic rings. The van der Waals surface area contributed by atoms with Gasteiger partial charge >= 0.3 is 6.03 Å². The highest BCUT2D eigenvalue weighted by Gasteiger charge is 2.08. The molecule has 0 aliphatic carbocycles. The van der Waals surface area contributed by atoms with Crippen LogP contribution in [0.25, 0.3) is 0 Å². The van der Waals surface area contributed by atoms with Crippen LogP contribution in [0.2, 0.25) is 0 Å². The van der Waals surface area contributed by atoms with E-state index in [9.17, 15) is 9.59 Å². The van der Waals surface area contributed by atoms with Crippen molar-refractivity contribution in [3.63, 3.8) is 0 Å². The Morgan fingerprint density at radius 1 is 0.963 bits per heavy atom. The van der Waals surface area contributed by atoms with Crippen molar-refractivity contribution in [1.82, 2.24) is 5.32 Å². The fourth-order valence-corrected chi connectivity index (χ4v) is 2.33. The number of nitrogens with one attached hydrogen (secondary N) is 3. The molecule has 0 spiro atoms. The van der Waals surface area contributed by atoms with Gasteiger partial charge in [0.15, 0.2) is 0 Å². The molecule has 2 aromatic carbocycles. The first-order chi connectivity index (χ1) is 13.1. The molecule has 134 valence electrons. The van der Waals surface area contributed by atoms with Crippen LogP contribution < -0.4 is 16.0 Å². The molecule has 0 saturated carbocycles. The zero-order valence-electron chi connectivity index (χ0n) is 14.2. The summed E-state index contributed by atoms with van der Waals surface area (Å²) in [4.78, 5) is 24.1. The van der Waals surface area contributed by atoms with E-state index in [4.69, 9.17) is 9.68 Å². The third kappa shape index (κ3) is 4.96. The SMILES string of the molecule is N#Cc1cccc(C(=O)Nc2ccc(NC(=O)NCc3ccco3)cc2)c1. The minimum Gasteiger partial charge on any atom is -0.467 e. The number of furan rings is 1. The van der Waals surface area contributed by atoms with Crippen molar-refractivity contribution in [2.45, 2.75) is 6.54 Å². The number of nitriles is 1. The van der Waals surface area contributed by atoms with E-state index in [1.54, 1.807) is 60.9 Å². The van der Waals surface area contributed by atoms with E-state index in [1.165, 1.54) is 6.07 Å². The van der Waals surface area contributed by atoms with Crippen molar-refractivity contribution in [3.8, 4) is 6.07 Å². The highest BCUT2D eigenvalue weighted by atomic mass is 16.3. The third-order valence-electron chi connectivity index (χ3n) is 3.66. The molecule has 0 atom stereocenters. The number of hydrogen-bond donors (Lipinski definition) is 3. The maximum atomic E-state index is 12.2. The predicted molar refractivity (Wildman–Crippen MR) is 100 cm³/mol. The summed E-state index contributed by atoms with van der Waals surface area (Å²) in [6, 6.07) is 18.3. The molecule has 7 heteroatoms. The number of nitrogens with zero attached hydrogens (tertiary/aromatic N) is 1. The Labute approximate surface area is 155 Å². The summed E-state index contributed by atoms with van der Waals surface area (Å²) in [6.45, 7) is 0.286. The average Bonchev–Trinajstić information content (AvgIpc) is 3.21. The monoisotopic (exact) mass is 360 g/mol. The zero-order chi connectivity index (χ0) is 19.1. The van der Waals surface area contributed by atoms with Crippen LogP contribution in [0.3, 0.4) is 0 Å². The number of benzene rings is 2. The minimum atomic E-state index is -0.364. The molecule has 0 saturated heterocycles. The number of rotatable bonds is 5. The lowest BCUT2D eigenvalue weighted by Crippen LogP contribution is -2.27. The second kappa shape index (κ2) is 8.36. The fraction of sp³-hybridized carbons (Fsp3) is 0.0500. The number of amides is 3. The van der Waals surface area contributed by atoms with Crippen LogP contribution in [-0.2, 0) is 6.54 Å². The molecule has 3 N–H and O–H groups in total. The summed E-state index contributed by atoms with van der Waals surface area (Å²) in [5.74, 6) is 0.340. The van der Waals surface area contributed by atoms with E-state index in [0.717, 1.165) is 0 Å². The van der Waals surface area contributed by atoms with Gasteiger partial charge in [-0.1, -0.05) is 6.07 Å². The average molecular weight is 360 g/mol. The fourth-order valence-electron chi connectivity index (χ4n) is 2.33. The van der Waals surface area contributed by atoms with Gasteiger partial charge in [-0.15, -0.1) is 0 Å². The number of hydrogen-bond acceptors (Lipinski definition) is 4. The van der Waals surface area contributed by atoms with E-state index in [0.29, 0.717) is 28.3 Å². The van der Waals surface area contributed by atoms with Crippen molar-refractivity contribution in [3.05, 3.63) is 83.8 Å². The lowest BCUT2D eigenvalue weighted by molar-refractivity contribution is 0.102. The first kappa shape index (κ1) is 17.8. The molecular weight excluding hydrogens is 344 g/mol. The lowest BCUT2D eigenvalue weighted by atomic mass is 10.1. The van der Waals surface area contributed by atoms with Crippen LogP contribution in [0.1, 0.15) is 21.7 Å². The minimum absolute atomic E-state index is 0.286. The number of urea groups is 1. The van der Waals surface area contributed by atoms with E-state index in [-0.39, 0.29) is 18.5 Å². The molecule has 0 aliphatic rings. The van der Waals surface area contributed by atoms with E-state index in [2.05, 4.69) is 16.0 Å². The van der Waals surface area contributed by atoms with Crippen LogP contribution in [0, 0.1) is 11.3 Å². The van der Waals surface area contributed by atoms with Crippen molar-refractivity contribution in [1.29, 1.82) is 5.26 Å². The quantitative estimate of drug-likeness (QED) is 0.644. The third-order valence-corrected chi connectivity index (χ3v) is 3.66. The standard InChI is InChI=1S/C20H16N4O3/c21-12-14-3-1-4-15(11-14)19(25)23-16-6-8-17(9-7-16)24-20(26)22-13-18-5-2-10-27-18/h1-11H,13H2,(H,23,25)(H2,22,24,26). The van der Waals surface area contributed by atoms with Crippen LogP contribution in [0.5, 0.6) is 0 Å². The molecule has 3 amide bonds. The lowest BCUT2D eigenvalue weighted by Gasteiger charge is -2.09. The van der Waals surface area contributed by atoms with Gasteiger partial charge < -0.3 is 20.4 Å². The van der Waals surface area contributed by atoms with Crippen molar-refractivity contribution in [2.24, 2.45) is 0 Å². The van der Waals surface area contributed by atoms with Crippen LogP contribution in [0.15, 0.2) is 71.3 Å². The van der Waals surface area contributed by atoms with Gasteiger partial charge in [0, 0.05) is 16.9 Å². The smallest absolute Gasteiger partial charge is 0.319 e.